The van der Waals surface area contributed by atoms with Gasteiger partial charge < -0.3 is 29.7 Å². The van der Waals surface area contributed by atoms with Crippen LogP contribution in [-0.2, 0) is 11.3 Å². The van der Waals surface area contributed by atoms with E-state index < -0.39 is 5.97 Å². The van der Waals surface area contributed by atoms with E-state index in [1.54, 1.807) is 16.7 Å². The van der Waals surface area contributed by atoms with E-state index in [4.69, 9.17) is 21.9 Å². The van der Waals surface area contributed by atoms with Gasteiger partial charge in [0, 0.05) is 36.1 Å². The number of benzene rings is 1. The molecule has 196 valence electrons. The molecule has 0 spiro atoms. The van der Waals surface area contributed by atoms with Gasteiger partial charge in [-0.15, -0.1) is 11.3 Å². The number of hydrogen-bond donors (Lipinski definition) is 2. The third-order valence-corrected chi connectivity index (χ3v) is 7.31. The van der Waals surface area contributed by atoms with Gasteiger partial charge in [0.1, 0.15) is 11.4 Å². The van der Waals surface area contributed by atoms with Crippen LogP contribution in [0.25, 0.3) is 21.5 Å². The molecule has 5 rings (SSSR count). The van der Waals surface area contributed by atoms with Crippen molar-refractivity contribution >= 4 is 45.7 Å². The second kappa shape index (κ2) is 11.9. The molecule has 37 heavy (non-hydrogen) atoms. The average molecular weight is 544 g/mol. The van der Waals surface area contributed by atoms with Gasteiger partial charge in [0.25, 0.3) is 0 Å². The molecule has 1 saturated heterocycles. The highest BCUT2D eigenvalue weighted by Gasteiger charge is 2.20. The molecule has 11 heteroatoms. The van der Waals surface area contributed by atoms with Crippen molar-refractivity contribution in [3.8, 4) is 10.6 Å². The molecule has 1 fully saturated rings. The molecular weight excluding hydrogens is 514 g/mol. The summed E-state index contributed by atoms with van der Waals surface area (Å²) < 4.78 is 7.76. The van der Waals surface area contributed by atoms with E-state index in [2.05, 4.69) is 5.16 Å². The van der Waals surface area contributed by atoms with E-state index in [0.29, 0.717) is 34.9 Å². The number of para-hydroxylation sites is 1. The zero-order valence-electron chi connectivity index (χ0n) is 20.8. The Labute approximate surface area is 224 Å². The Hall–Kier alpha value is -3.18. The molecule has 3 N–H and O–H groups in total. The Morgan fingerprint density at radius 2 is 1.92 bits per heavy atom. The quantitative estimate of drug-likeness (QED) is 0.373. The number of thiophene rings is 1. The SMILES string of the molecule is CN(C)CC(=O)N1CCC(N)CC1.O=C(O)c1cc2ccccc2n1Cc1cc(-c2ccc(Cl)s2)on1. The number of carboxylic acids is 1. The number of halogens is 1. The predicted octanol–water partition coefficient (Wildman–Crippen LogP) is 4.26. The number of nitrogens with zero attached hydrogens (tertiary/aromatic N) is 4. The van der Waals surface area contributed by atoms with Gasteiger partial charge in [0.15, 0.2) is 5.76 Å². The van der Waals surface area contributed by atoms with E-state index in [1.165, 1.54) is 11.3 Å². The summed E-state index contributed by atoms with van der Waals surface area (Å²) in [6, 6.07) is 15.0. The van der Waals surface area contributed by atoms with Crippen molar-refractivity contribution in [1.82, 2.24) is 19.5 Å². The van der Waals surface area contributed by atoms with Gasteiger partial charge in [0.2, 0.25) is 5.91 Å². The first-order valence-corrected chi connectivity index (χ1v) is 13.1. The Balaban J connectivity index is 0.000000209. The fraction of sp³-hybridized carbons (Fsp3) is 0.346. The highest BCUT2D eigenvalue weighted by molar-refractivity contribution is 7.19. The number of piperidine rings is 1. The van der Waals surface area contributed by atoms with Crippen LogP contribution in [0.4, 0.5) is 0 Å². The minimum atomic E-state index is -0.972. The zero-order chi connectivity index (χ0) is 26.5. The number of amides is 1. The summed E-state index contributed by atoms with van der Waals surface area (Å²) in [6.45, 7) is 2.48. The molecule has 9 nitrogen and oxygen atoms in total. The van der Waals surface area contributed by atoms with Crippen LogP contribution in [0.5, 0.6) is 0 Å². The first-order chi connectivity index (χ1) is 17.7. The summed E-state index contributed by atoms with van der Waals surface area (Å²) in [4.78, 5) is 27.8. The molecule has 0 aliphatic carbocycles. The average Bonchev–Trinajstić information content (AvgIpc) is 3.59. The molecule has 0 saturated carbocycles. The third kappa shape index (κ3) is 6.78. The Kier molecular flexibility index (Phi) is 8.65. The lowest BCUT2D eigenvalue weighted by Crippen LogP contribution is -2.45. The Bertz CT molecular complexity index is 1370. The maximum atomic E-state index is 11.6. The highest BCUT2D eigenvalue weighted by atomic mass is 35.5. The number of carboxylic acid groups (broad SMARTS) is 1. The molecule has 0 radical (unpaired) electrons. The lowest BCUT2D eigenvalue weighted by Gasteiger charge is -2.30. The summed E-state index contributed by atoms with van der Waals surface area (Å²) in [5.41, 5.74) is 7.47. The van der Waals surface area contributed by atoms with Crippen LogP contribution in [-0.4, -0.2) is 76.3 Å². The molecule has 1 amide bonds. The van der Waals surface area contributed by atoms with E-state index in [9.17, 15) is 14.7 Å². The van der Waals surface area contributed by atoms with Crippen molar-refractivity contribution in [2.75, 3.05) is 33.7 Å². The molecule has 1 aliphatic rings. The molecule has 0 bridgehead atoms. The summed E-state index contributed by atoms with van der Waals surface area (Å²) in [5, 5.41) is 14.4. The van der Waals surface area contributed by atoms with Gasteiger partial charge in [0.05, 0.1) is 22.3 Å². The number of rotatable bonds is 6. The van der Waals surface area contributed by atoms with Gasteiger partial charge in [-0.25, -0.2) is 4.79 Å². The molecule has 0 atom stereocenters. The number of likely N-dealkylation sites (N-methyl/N-ethyl adjacent to an activating group) is 1. The number of aromatic nitrogens is 2. The van der Waals surface area contributed by atoms with Crippen LogP contribution in [0.3, 0.4) is 0 Å². The molecule has 1 aliphatic heterocycles. The van der Waals surface area contributed by atoms with Crippen molar-refractivity contribution in [1.29, 1.82) is 0 Å². The molecule has 4 aromatic rings. The number of hydrogen-bond acceptors (Lipinski definition) is 7. The standard InChI is InChI=1S/C17H11ClN2O3S.C9H19N3O/c18-16-6-5-15(24-16)14-8-11(19-23-14)9-20-12-4-2-1-3-10(12)7-13(20)17(21)22;1-11(2)7-9(13)12-5-3-8(10)4-6-12/h1-8H,9H2,(H,21,22);8H,3-7,10H2,1-2H3. The Morgan fingerprint density at radius 1 is 1.19 bits per heavy atom. The van der Waals surface area contributed by atoms with Crippen LogP contribution >= 0.6 is 22.9 Å². The molecule has 1 aromatic carbocycles. The van der Waals surface area contributed by atoms with E-state index in [0.717, 1.165) is 41.7 Å². The number of carbonyl (C=O) groups is 2. The number of aromatic carboxylic acids is 1. The van der Waals surface area contributed by atoms with Crippen LogP contribution < -0.4 is 5.73 Å². The smallest absolute Gasteiger partial charge is 0.352 e. The minimum absolute atomic E-state index is 0.219. The zero-order valence-corrected chi connectivity index (χ0v) is 22.3. The van der Waals surface area contributed by atoms with Crippen LogP contribution in [0.15, 0.2) is 53.1 Å². The largest absolute Gasteiger partial charge is 0.477 e. The van der Waals surface area contributed by atoms with Crippen molar-refractivity contribution < 1.29 is 19.2 Å². The molecular formula is C26H30ClN5O4S. The number of carbonyl (C=O) groups excluding carboxylic acids is 1. The normalized spacial score (nSPS) is 14.1. The van der Waals surface area contributed by atoms with E-state index in [1.807, 2.05) is 60.3 Å². The van der Waals surface area contributed by atoms with Crippen molar-refractivity contribution in [2.45, 2.75) is 25.4 Å². The third-order valence-electron chi connectivity index (χ3n) is 6.07. The fourth-order valence-electron chi connectivity index (χ4n) is 4.19. The summed E-state index contributed by atoms with van der Waals surface area (Å²) >= 11 is 7.34. The van der Waals surface area contributed by atoms with Crippen molar-refractivity contribution in [3.05, 3.63) is 64.3 Å². The molecule has 4 heterocycles. The monoisotopic (exact) mass is 543 g/mol. The second-order valence-electron chi connectivity index (χ2n) is 9.22. The maximum absolute atomic E-state index is 11.6. The minimum Gasteiger partial charge on any atom is -0.477 e. The van der Waals surface area contributed by atoms with Crippen molar-refractivity contribution in [3.63, 3.8) is 0 Å². The van der Waals surface area contributed by atoms with Crippen molar-refractivity contribution in [2.24, 2.45) is 5.73 Å². The number of likely N-dealkylation sites (tertiary alicyclic amines) is 1. The second-order valence-corrected chi connectivity index (χ2v) is 10.9. The number of nitrogens with two attached hydrogens (primary N) is 1. The summed E-state index contributed by atoms with van der Waals surface area (Å²) in [5.74, 6) is -0.132. The summed E-state index contributed by atoms with van der Waals surface area (Å²) in [7, 11) is 3.82. The van der Waals surface area contributed by atoms with Crippen LogP contribution in [0.2, 0.25) is 4.34 Å². The maximum Gasteiger partial charge on any atom is 0.352 e. The highest BCUT2D eigenvalue weighted by Crippen LogP contribution is 2.31. The lowest BCUT2D eigenvalue weighted by molar-refractivity contribution is -0.132. The Morgan fingerprint density at radius 3 is 2.57 bits per heavy atom. The molecule has 0 unspecified atom stereocenters. The predicted molar refractivity (Wildman–Crippen MR) is 145 cm³/mol. The van der Waals surface area contributed by atoms with E-state index >= 15 is 0 Å². The lowest BCUT2D eigenvalue weighted by atomic mass is 10.1. The van der Waals surface area contributed by atoms with Crippen LogP contribution in [0.1, 0.15) is 29.0 Å². The van der Waals surface area contributed by atoms with Crippen LogP contribution in [0, 0.1) is 0 Å². The van der Waals surface area contributed by atoms with Gasteiger partial charge >= 0.3 is 5.97 Å². The summed E-state index contributed by atoms with van der Waals surface area (Å²) in [6.07, 6.45) is 1.89. The van der Waals surface area contributed by atoms with Gasteiger partial charge in [-0.3, -0.25) is 4.79 Å². The van der Waals surface area contributed by atoms with Gasteiger partial charge in [-0.05, 0) is 51.2 Å². The fourth-order valence-corrected chi connectivity index (χ4v) is 5.18. The number of fused-ring (bicyclic) bond motifs is 1. The first-order valence-electron chi connectivity index (χ1n) is 11.9. The van der Waals surface area contributed by atoms with Gasteiger partial charge in [-0.1, -0.05) is 35.0 Å². The molecule has 3 aromatic heterocycles. The van der Waals surface area contributed by atoms with Gasteiger partial charge in [-0.2, -0.15) is 0 Å². The topological polar surface area (TPSA) is 118 Å². The van der Waals surface area contributed by atoms with E-state index in [-0.39, 0.29) is 11.6 Å². The first kappa shape index (κ1) is 26.9.